The molecule has 1 atom stereocenters. The minimum Gasteiger partial charge on any atom is -0.497 e. The van der Waals surface area contributed by atoms with Crippen LogP contribution in [-0.4, -0.2) is 6.61 Å². The molecule has 0 amide bonds. The first-order valence-electron chi connectivity index (χ1n) is 17.0. The Bertz CT molecular complexity index is 543. The van der Waals surface area contributed by atoms with Crippen LogP contribution in [0.1, 0.15) is 181 Å². The molecule has 0 N–H and O–H groups in total. The van der Waals surface area contributed by atoms with Crippen molar-refractivity contribution in [3.8, 4) is 0 Å². The largest absolute Gasteiger partial charge is 0.497 e. The second-order valence-electron chi connectivity index (χ2n) is 11.7. The Balaban J connectivity index is 1.83. The maximum absolute atomic E-state index is 5.77. The Kier molecular flexibility index (Phi) is 25.8. The number of unbranched alkanes of at least 4 members (excludes halogenated alkanes) is 21. The molecule has 0 aromatic rings. The van der Waals surface area contributed by atoms with Crippen LogP contribution >= 0.6 is 0 Å². The molecule has 37 heavy (non-hydrogen) atoms. The van der Waals surface area contributed by atoms with Gasteiger partial charge in [0.2, 0.25) is 0 Å². The zero-order valence-corrected chi connectivity index (χ0v) is 25.5. The highest BCUT2D eigenvalue weighted by Crippen LogP contribution is 2.30. The van der Waals surface area contributed by atoms with E-state index in [1.807, 2.05) is 0 Å². The lowest BCUT2D eigenvalue weighted by Crippen LogP contribution is -2.25. The predicted molar refractivity (Wildman–Crippen MR) is 167 cm³/mol. The molecule has 216 valence electrons. The molecule has 0 saturated carbocycles. The average Bonchev–Trinajstić information content (AvgIpc) is 2.90. The molecule has 1 rings (SSSR count). The molecule has 0 spiro atoms. The first-order valence-corrected chi connectivity index (χ1v) is 17.0. The summed E-state index contributed by atoms with van der Waals surface area (Å²) in [5.41, 5.74) is 0. The van der Waals surface area contributed by atoms with Crippen LogP contribution in [0.15, 0.2) is 36.1 Å². The van der Waals surface area contributed by atoms with Crippen LogP contribution in [0, 0.1) is 5.92 Å². The van der Waals surface area contributed by atoms with Gasteiger partial charge in [0, 0.05) is 0 Å². The molecule has 1 unspecified atom stereocenters. The van der Waals surface area contributed by atoms with Crippen molar-refractivity contribution < 1.29 is 4.74 Å². The maximum atomic E-state index is 5.77. The van der Waals surface area contributed by atoms with Gasteiger partial charge in [0.1, 0.15) is 0 Å². The fourth-order valence-corrected chi connectivity index (χ4v) is 5.32. The number of allylic oxidation sites excluding steroid dienone is 5. The van der Waals surface area contributed by atoms with Gasteiger partial charge in [-0.3, -0.25) is 0 Å². The summed E-state index contributed by atoms with van der Waals surface area (Å²) in [4.78, 5) is 0. The third-order valence-corrected chi connectivity index (χ3v) is 7.98. The Hall–Kier alpha value is -0.980. The molecule has 1 aliphatic heterocycles. The monoisotopic (exact) mass is 515 g/mol. The molecular weight excluding hydrogens is 448 g/mol. The lowest BCUT2D eigenvalue weighted by atomic mass is 9.94. The average molecular weight is 515 g/mol. The van der Waals surface area contributed by atoms with E-state index in [1.165, 1.54) is 173 Å². The van der Waals surface area contributed by atoms with Crippen LogP contribution in [0.5, 0.6) is 0 Å². The van der Waals surface area contributed by atoms with Crippen molar-refractivity contribution in [3.63, 3.8) is 0 Å². The normalized spacial score (nSPS) is 16.7. The van der Waals surface area contributed by atoms with Crippen molar-refractivity contribution in [1.82, 2.24) is 0 Å². The summed E-state index contributed by atoms with van der Waals surface area (Å²) in [6, 6.07) is 0. The summed E-state index contributed by atoms with van der Waals surface area (Å²) < 4.78 is 5.77. The summed E-state index contributed by atoms with van der Waals surface area (Å²) >= 11 is 0. The predicted octanol–water partition coefficient (Wildman–Crippen LogP) is 12.8. The van der Waals surface area contributed by atoms with Crippen molar-refractivity contribution in [2.24, 2.45) is 5.92 Å². The SMILES string of the molecule is CCCCCCCC/C=C\CCCCCC/C=C1/OCC1CCCCCC/C=C\CCCCCCCC. The van der Waals surface area contributed by atoms with Gasteiger partial charge in [-0.1, -0.05) is 134 Å². The quantitative estimate of drug-likeness (QED) is 0.0745. The summed E-state index contributed by atoms with van der Waals surface area (Å²) in [5.74, 6) is 2.05. The molecule has 1 nitrogen and oxygen atoms in total. The molecule has 1 heterocycles. The van der Waals surface area contributed by atoms with Crippen molar-refractivity contribution in [3.05, 3.63) is 36.1 Å². The van der Waals surface area contributed by atoms with Crippen LogP contribution in [0.3, 0.4) is 0 Å². The molecule has 1 fully saturated rings. The lowest BCUT2D eigenvalue weighted by Gasteiger charge is -2.31. The number of rotatable bonds is 28. The minimum atomic E-state index is 0.731. The second kappa shape index (κ2) is 28.0. The van der Waals surface area contributed by atoms with Gasteiger partial charge in [0.15, 0.2) is 0 Å². The van der Waals surface area contributed by atoms with Crippen molar-refractivity contribution in [1.29, 1.82) is 0 Å². The standard InChI is InChI=1S/C36H66O/c1-3-5-7-9-11-13-15-17-19-21-23-25-27-29-31-33-36-35(34-37-36)32-30-28-26-24-22-20-18-16-14-12-10-8-6-4-2/h17-20,33,35H,3-16,21-32,34H2,1-2H3/b19-17-,20-18-,36-33+. The van der Waals surface area contributed by atoms with E-state index in [9.17, 15) is 0 Å². The van der Waals surface area contributed by atoms with E-state index < -0.39 is 0 Å². The molecule has 0 radical (unpaired) electrons. The summed E-state index contributed by atoms with van der Waals surface area (Å²) in [6.07, 6.45) is 47.6. The van der Waals surface area contributed by atoms with Gasteiger partial charge in [0.25, 0.3) is 0 Å². The van der Waals surface area contributed by atoms with E-state index in [-0.39, 0.29) is 0 Å². The van der Waals surface area contributed by atoms with E-state index in [4.69, 9.17) is 4.74 Å². The highest BCUT2D eigenvalue weighted by atomic mass is 16.5. The molecule has 0 bridgehead atoms. The number of ether oxygens (including phenoxy) is 1. The van der Waals surface area contributed by atoms with Gasteiger partial charge in [-0.2, -0.15) is 0 Å². The lowest BCUT2D eigenvalue weighted by molar-refractivity contribution is 0.0415. The maximum Gasteiger partial charge on any atom is 0.0985 e. The van der Waals surface area contributed by atoms with Crippen LogP contribution in [-0.2, 0) is 4.74 Å². The third-order valence-electron chi connectivity index (χ3n) is 7.98. The van der Waals surface area contributed by atoms with Crippen LogP contribution < -0.4 is 0 Å². The van der Waals surface area contributed by atoms with Gasteiger partial charge >= 0.3 is 0 Å². The molecule has 1 aliphatic rings. The number of hydrogen-bond donors (Lipinski definition) is 0. The smallest absolute Gasteiger partial charge is 0.0985 e. The summed E-state index contributed by atoms with van der Waals surface area (Å²) in [5, 5.41) is 0. The van der Waals surface area contributed by atoms with Gasteiger partial charge in [0.05, 0.1) is 18.3 Å². The Morgan fingerprint density at radius 3 is 1.27 bits per heavy atom. The van der Waals surface area contributed by atoms with Crippen molar-refractivity contribution in [2.75, 3.05) is 6.61 Å². The summed E-state index contributed by atoms with van der Waals surface area (Å²) in [6.45, 7) is 5.55. The zero-order chi connectivity index (χ0) is 26.5. The van der Waals surface area contributed by atoms with Crippen LogP contribution in [0.4, 0.5) is 0 Å². The molecule has 0 aromatic carbocycles. The summed E-state index contributed by atoms with van der Waals surface area (Å²) in [7, 11) is 0. The highest BCUT2D eigenvalue weighted by molar-refractivity contribution is 5.05. The number of hydrogen-bond acceptors (Lipinski definition) is 1. The van der Waals surface area contributed by atoms with Crippen molar-refractivity contribution in [2.45, 2.75) is 181 Å². The molecular formula is C36H66O. The van der Waals surface area contributed by atoms with E-state index in [0.717, 1.165) is 12.5 Å². The Morgan fingerprint density at radius 1 is 0.486 bits per heavy atom. The molecule has 1 heteroatoms. The topological polar surface area (TPSA) is 9.23 Å². The third kappa shape index (κ3) is 22.7. The first kappa shape index (κ1) is 34.0. The van der Waals surface area contributed by atoms with Crippen LogP contribution in [0.2, 0.25) is 0 Å². The van der Waals surface area contributed by atoms with Gasteiger partial charge in [-0.05, 0) is 76.7 Å². The fraction of sp³-hybridized carbons (Fsp3) is 0.833. The van der Waals surface area contributed by atoms with Crippen molar-refractivity contribution >= 4 is 0 Å². The fourth-order valence-electron chi connectivity index (χ4n) is 5.32. The second-order valence-corrected chi connectivity index (χ2v) is 11.7. The van der Waals surface area contributed by atoms with Gasteiger partial charge in [-0.15, -0.1) is 0 Å². The highest BCUT2D eigenvalue weighted by Gasteiger charge is 2.25. The van der Waals surface area contributed by atoms with Crippen LogP contribution in [0.25, 0.3) is 0 Å². The molecule has 0 aliphatic carbocycles. The van der Waals surface area contributed by atoms with E-state index in [1.54, 1.807) is 0 Å². The van der Waals surface area contributed by atoms with E-state index in [0.29, 0.717) is 0 Å². The molecule has 1 saturated heterocycles. The van der Waals surface area contributed by atoms with Gasteiger partial charge in [-0.25, -0.2) is 0 Å². The van der Waals surface area contributed by atoms with E-state index >= 15 is 0 Å². The first-order chi connectivity index (χ1) is 18.4. The zero-order valence-electron chi connectivity index (χ0n) is 25.5. The molecule has 0 aromatic heterocycles. The Morgan fingerprint density at radius 2 is 0.865 bits per heavy atom. The Labute approximate surface area is 234 Å². The minimum absolute atomic E-state index is 0.731. The van der Waals surface area contributed by atoms with E-state index in [2.05, 4.69) is 44.2 Å². The van der Waals surface area contributed by atoms with Gasteiger partial charge < -0.3 is 4.74 Å².